The van der Waals surface area contributed by atoms with Gasteiger partial charge in [0.2, 0.25) is 0 Å². The van der Waals surface area contributed by atoms with Gasteiger partial charge in [-0.15, -0.1) is 0 Å². The predicted molar refractivity (Wildman–Crippen MR) is 117 cm³/mol. The number of furan rings is 1. The minimum Gasteiger partial charge on any atom is -0.507 e. The van der Waals surface area contributed by atoms with Crippen molar-refractivity contribution in [2.75, 3.05) is 12.0 Å². The molecule has 0 saturated carbocycles. The first-order chi connectivity index (χ1) is 14.8. The Balaban J connectivity index is 1.93. The molecule has 1 aliphatic heterocycles. The number of aliphatic hydroxyl groups excluding tert-OH is 1. The summed E-state index contributed by atoms with van der Waals surface area (Å²) in [6.07, 6.45) is 0. The van der Waals surface area contributed by atoms with Crippen LogP contribution in [-0.4, -0.2) is 23.9 Å². The average Bonchev–Trinajstić information content (AvgIpc) is 3.29. The third-order valence-corrected chi connectivity index (χ3v) is 5.48. The van der Waals surface area contributed by atoms with Gasteiger partial charge >= 0.3 is 0 Å². The Morgan fingerprint density at radius 3 is 2.29 bits per heavy atom. The van der Waals surface area contributed by atoms with Gasteiger partial charge in [0.05, 0.1) is 12.7 Å². The highest BCUT2D eigenvalue weighted by molar-refractivity contribution is 6.51. The van der Waals surface area contributed by atoms with E-state index in [0.29, 0.717) is 34.1 Å². The number of carbonyl (C=O) groups is 2. The minimum absolute atomic E-state index is 0.00630. The van der Waals surface area contributed by atoms with E-state index < -0.39 is 17.7 Å². The Labute approximate surface area is 180 Å². The van der Waals surface area contributed by atoms with Gasteiger partial charge in [0.1, 0.15) is 29.1 Å². The number of ether oxygens (including phenoxy) is 1. The molecule has 2 heterocycles. The van der Waals surface area contributed by atoms with Crippen LogP contribution < -0.4 is 9.64 Å². The predicted octanol–water partition coefficient (Wildman–Crippen LogP) is 4.84. The monoisotopic (exact) mass is 417 g/mol. The Kier molecular flexibility index (Phi) is 5.15. The minimum atomic E-state index is -0.877. The van der Waals surface area contributed by atoms with Gasteiger partial charge < -0.3 is 14.3 Å². The van der Waals surface area contributed by atoms with E-state index in [1.54, 1.807) is 63.4 Å². The molecule has 1 atom stereocenters. The van der Waals surface area contributed by atoms with Crippen molar-refractivity contribution in [3.8, 4) is 5.75 Å². The van der Waals surface area contributed by atoms with E-state index in [4.69, 9.17) is 9.15 Å². The lowest BCUT2D eigenvalue weighted by molar-refractivity contribution is -0.132. The van der Waals surface area contributed by atoms with Gasteiger partial charge in [-0.2, -0.15) is 0 Å². The zero-order chi connectivity index (χ0) is 22.3. The second-order valence-electron chi connectivity index (χ2n) is 7.63. The van der Waals surface area contributed by atoms with Crippen molar-refractivity contribution in [2.24, 2.45) is 0 Å². The first-order valence-corrected chi connectivity index (χ1v) is 9.91. The summed E-state index contributed by atoms with van der Waals surface area (Å²) in [5.74, 6) is -0.0300. The molecule has 6 nitrogen and oxygen atoms in total. The molecule has 1 aromatic heterocycles. The van der Waals surface area contributed by atoms with Crippen molar-refractivity contribution in [1.82, 2.24) is 0 Å². The number of nitrogens with zero attached hydrogens (tertiary/aromatic N) is 1. The smallest absolute Gasteiger partial charge is 0.300 e. The van der Waals surface area contributed by atoms with Crippen LogP contribution in [0.25, 0.3) is 5.76 Å². The lowest BCUT2D eigenvalue weighted by atomic mass is 9.96. The zero-order valence-corrected chi connectivity index (χ0v) is 17.8. The van der Waals surface area contributed by atoms with Crippen LogP contribution in [0.5, 0.6) is 5.75 Å². The number of rotatable bonds is 4. The van der Waals surface area contributed by atoms with E-state index in [-0.39, 0.29) is 11.3 Å². The summed E-state index contributed by atoms with van der Waals surface area (Å²) < 4.78 is 11.0. The molecule has 2 aromatic carbocycles. The van der Waals surface area contributed by atoms with E-state index in [1.807, 2.05) is 19.1 Å². The summed E-state index contributed by atoms with van der Waals surface area (Å²) in [7, 11) is 1.56. The number of benzene rings is 2. The van der Waals surface area contributed by atoms with Crippen molar-refractivity contribution < 1.29 is 23.8 Å². The third-order valence-electron chi connectivity index (χ3n) is 5.48. The number of Topliss-reactive ketones (excluding diaryl/α,β-unsaturated/α-hetero) is 1. The lowest BCUT2D eigenvalue weighted by Gasteiger charge is -2.23. The van der Waals surface area contributed by atoms with Crippen molar-refractivity contribution >= 4 is 23.1 Å². The molecule has 1 aliphatic rings. The van der Waals surface area contributed by atoms with Gasteiger partial charge in [0, 0.05) is 11.3 Å². The van der Waals surface area contributed by atoms with Crippen LogP contribution in [-0.2, 0) is 9.59 Å². The first kappa shape index (κ1) is 20.5. The molecule has 1 unspecified atom stereocenters. The third kappa shape index (κ3) is 3.50. The molecule has 0 spiro atoms. The van der Waals surface area contributed by atoms with Crippen molar-refractivity contribution in [1.29, 1.82) is 0 Å². The highest BCUT2D eigenvalue weighted by Gasteiger charge is 2.48. The summed E-state index contributed by atoms with van der Waals surface area (Å²) in [4.78, 5) is 27.6. The fraction of sp³-hybridized carbons (Fsp3) is 0.200. The summed E-state index contributed by atoms with van der Waals surface area (Å²) >= 11 is 0. The maximum Gasteiger partial charge on any atom is 0.300 e. The maximum absolute atomic E-state index is 13.1. The van der Waals surface area contributed by atoms with Crippen LogP contribution in [0.3, 0.4) is 0 Å². The maximum atomic E-state index is 13.1. The standard InChI is InChI=1S/C25H23NO5/c1-14-5-8-17(9-6-14)26-22(20-12-7-16(3)31-20)21(24(28)25(26)29)23(27)19-11-10-18(30-4)13-15(19)2/h5-13,22,27H,1-4H3/b23-21-. The molecule has 1 saturated heterocycles. The number of aliphatic hydroxyl groups is 1. The molecular weight excluding hydrogens is 394 g/mol. The van der Waals surface area contributed by atoms with E-state index in [0.717, 1.165) is 5.56 Å². The van der Waals surface area contributed by atoms with E-state index in [1.165, 1.54) is 4.90 Å². The number of methoxy groups -OCH3 is 1. The highest BCUT2D eigenvalue weighted by atomic mass is 16.5. The van der Waals surface area contributed by atoms with Gasteiger partial charge in [-0.25, -0.2) is 0 Å². The SMILES string of the molecule is COc1ccc(/C(O)=C2/C(=O)C(=O)N(c3ccc(C)cc3)C2c2ccc(C)o2)c(C)c1. The van der Waals surface area contributed by atoms with Gasteiger partial charge in [0.25, 0.3) is 11.7 Å². The molecule has 4 rings (SSSR count). The summed E-state index contributed by atoms with van der Waals surface area (Å²) in [6, 6.07) is 15.0. The number of amides is 1. The molecule has 3 aromatic rings. The van der Waals surface area contributed by atoms with Crippen molar-refractivity contribution in [2.45, 2.75) is 26.8 Å². The largest absolute Gasteiger partial charge is 0.507 e. The second-order valence-corrected chi connectivity index (χ2v) is 7.63. The molecule has 0 bridgehead atoms. The van der Waals surface area contributed by atoms with Gasteiger partial charge in [-0.3, -0.25) is 14.5 Å². The van der Waals surface area contributed by atoms with Crippen LogP contribution in [0.15, 0.2) is 64.6 Å². The molecule has 158 valence electrons. The molecular formula is C25H23NO5. The van der Waals surface area contributed by atoms with Crippen LogP contribution >= 0.6 is 0 Å². The molecule has 1 N–H and O–H groups in total. The normalized spacial score (nSPS) is 17.9. The Hall–Kier alpha value is -3.80. The van der Waals surface area contributed by atoms with Crippen LogP contribution in [0.4, 0.5) is 5.69 Å². The van der Waals surface area contributed by atoms with E-state index in [9.17, 15) is 14.7 Å². The number of hydrogen-bond donors (Lipinski definition) is 1. The van der Waals surface area contributed by atoms with Crippen LogP contribution in [0.1, 0.15) is 34.3 Å². The number of aryl methyl sites for hydroxylation is 3. The van der Waals surface area contributed by atoms with Crippen LogP contribution in [0, 0.1) is 20.8 Å². The summed E-state index contributed by atoms with van der Waals surface area (Å²) in [5.41, 5.74) is 2.74. The van der Waals surface area contributed by atoms with Crippen LogP contribution in [0.2, 0.25) is 0 Å². The summed E-state index contributed by atoms with van der Waals surface area (Å²) in [6.45, 7) is 5.53. The number of carbonyl (C=O) groups excluding carboxylic acids is 2. The Morgan fingerprint density at radius 1 is 1.00 bits per heavy atom. The molecule has 1 fully saturated rings. The summed E-state index contributed by atoms with van der Waals surface area (Å²) in [5, 5.41) is 11.2. The molecule has 1 amide bonds. The fourth-order valence-electron chi connectivity index (χ4n) is 3.85. The Morgan fingerprint density at radius 2 is 1.71 bits per heavy atom. The molecule has 0 radical (unpaired) electrons. The van der Waals surface area contributed by atoms with E-state index >= 15 is 0 Å². The van der Waals surface area contributed by atoms with Gasteiger partial charge in [-0.05, 0) is 68.8 Å². The zero-order valence-electron chi connectivity index (χ0n) is 17.8. The second kappa shape index (κ2) is 7.80. The van der Waals surface area contributed by atoms with Crippen molar-refractivity contribution in [3.63, 3.8) is 0 Å². The molecule has 31 heavy (non-hydrogen) atoms. The molecule has 0 aliphatic carbocycles. The van der Waals surface area contributed by atoms with Gasteiger partial charge in [0.15, 0.2) is 0 Å². The topological polar surface area (TPSA) is 80.0 Å². The number of ketones is 1. The highest BCUT2D eigenvalue weighted by Crippen LogP contribution is 2.43. The Bertz CT molecular complexity index is 1200. The fourth-order valence-corrected chi connectivity index (χ4v) is 3.85. The molecule has 6 heteroatoms. The first-order valence-electron chi connectivity index (χ1n) is 9.91. The lowest BCUT2D eigenvalue weighted by Crippen LogP contribution is -2.29. The van der Waals surface area contributed by atoms with Crippen molar-refractivity contribution in [3.05, 3.63) is 88.4 Å². The average molecular weight is 417 g/mol. The number of hydrogen-bond acceptors (Lipinski definition) is 5. The van der Waals surface area contributed by atoms with E-state index in [2.05, 4.69) is 0 Å². The quantitative estimate of drug-likeness (QED) is 0.373. The number of anilines is 1. The van der Waals surface area contributed by atoms with Gasteiger partial charge in [-0.1, -0.05) is 17.7 Å².